The van der Waals surface area contributed by atoms with Crippen molar-refractivity contribution in [3.8, 4) is 0 Å². The SMILES string of the molecule is CC(C)(C)CC1CNCC1N. The van der Waals surface area contributed by atoms with Gasteiger partial charge in [0.2, 0.25) is 0 Å². The molecule has 2 atom stereocenters. The summed E-state index contributed by atoms with van der Waals surface area (Å²) in [4.78, 5) is 0. The Kier molecular flexibility index (Phi) is 2.55. The molecule has 1 heterocycles. The third kappa shape index (κ3) is 2.80. The van der Waals surface area contributed by atoms with Gasteiger partial charge in [-0.25, -0.2) is 0 Å². The molecule has 0 bridgehead atoms. The molecule has 0 spiro atoms. The fourth-order valence-corrected chi connectivity index (χ4v) is 1.76. The van der Waals surface area contributed by atoms with Crippen LogP contribution >= 0.6 is 0 Å². The first-order valence-electron chi connectivity index (χ1n) is 4.45. The maximum Gasteiger partial charge on any atom is 0.0206 e. The van der Waals surface area contributed by atoms with E-state index in [0.29, 0.717) is 17.4 Å². The van der Waals surface area contributed by atoms with E-state index in [-0.39, 0.29) is 0 Å². The maximum absolute atomic E-state index is 5.92. The lowest BCUT2D eigenvalue weighted by Crippen LogP contribution is -2.31. The molecule has 0 aromatic carbocycles. The zero-order valence-corrected chi connectivity index (χ0v) is 7.85. The van der Waals surface area contributed by atoms with E-state index in [1.165, 1.54) is 6.42 Å². The number of hydrogen-bond donors (Lipinski definition) is 2. The van der Waals surface area contributed by atoms with Crippen molar-refractivity contribution in [1.82, 2.24) is 5.32 Å². The maximum atomic E-state index is 5.92. The van der Waals surface area contributed by atoms with Crippen LogP contribution in [-0.2, 0) is 0 Å². The number of nitrogens with two attached hydrogens (primary N) is 1. The van der Waals surface area contributed by atoms with Gasteiger partial charge in [0.1, 0.15) is 0 Å². The second kappa shape index (κ2) is 3.11. The van der Waals surface area contributed by atoms with Crippen LogP contribution in [0.4, 0.5) is 0 Å². The van der Waals surface area contributed by atoms with Crippen molar-refractivity contribution in [3.63, 3.8) is 0 Å². The van der Waals surface area contributed by atoms with Crippen LogP contribution in [0.25, 0.3) is 0 Å². The van der Waals surface area contributed by atoms with Gasteiger partial charge in [-0.05, 0) is 24.3 Å². The van der Waals surface area contributed by atoms with Crippen LogP contribution in [0.5, 0.6) is 0 Å². The van der Waals surface area contributed by atoms with Crippen molar-refractivity contribution in [1.29, 1.82) is 0 Å². The third-order valence-corrected chi connectivity index (χ3v) is 2.27. The molecular formula is C9H20N2. The third-order valence-electron chi connectivity index (χ3n) is 2.27. The van der Waals surface area contributed by atoms with E-state index in [0.717, 1.165) is 13.1 Å². The van der Waals surface area contributed by atoms with E-state index < -0.39 is 0 Å². The molecule has 0 aromatic heterocycles. The first-order valence-corrected chi connectivity index (χ1v) is 4.45. The fourth-order valence-electron chi connectivity index (χ4n) is 1.76. The van der Waals surface area contributed by atoms with Crippen LogP contribution in [0.2, 0.25) is 0 Å². The summed E-state index contributed by atoms with van der Waals surface area (Å²) < 4.78 is 0. The molecule has 2 unspecified atom stereocenters. The van der Waals surface area contributed by atoms with Crippen LogP contribution in [0.1, 0.15) is 27.2 Å². The minimum atomic E-state index is 0.384. The molecule has 3 N–H and O–H groups in total. The van der Waals surface area contributed by atoms with Crippen molar-refractivity contribution in [2.45, 2.75) is 33.2 Å². The van der Waals surface area contributed by atoms with Crippen molar-refractivity contribution in [2.24, 2.45) is 17.1 Å². The Balaban J connectivity index is 2.37. The van der Waals surface area contributed by atoms with Crippen LogP contribution < -0.4 is 11.1 Å². The van der Waals surface area contributed by atoms with Crippen LogP contribution in [0, 0.1) is 11.3 Å². The summed E-state index contributed by atoms with van der Waals surface area (Å²) in [6.07, 6.45) is 1.24. The van der Waals surface area contributed by atoms with E-state index in [2.05, 4.69) is 26.1 Å². The molecule has 2 nitrogen and oxygen atoms in total. The lowest BCUT2D eigenvalue weighted by atomic mass is 9.83. The first-order chi connectivity index (χ1) is 4.99. The lowest BCUT2D eigenvalue weighted by molar-refractivity contribution is 0.292. The first kappa shape index (κ1) is 9.01. The van der Waals surface area contributed by atoms with Gasteiger partial charge in [-0.2, -0.15) is 0 Å². The molecule has 2 heteroatoms. The standard InChI is InChI=1S/C9H20N2/c1-9(2,3)4-7-5-11-6-8(7)10/h7-8,11H,4-6,10H2,1-3H3. The molecular weight excluding hydrogens is 136 g/mol. The summed E-state index contributed by atoms with van der Waals surface area (Å²) in [6, 6.07) is 0.384. The highest BCUT2D eigenvalue weighted by Crippen LogP contribution is 2.26. The predicted octanol–water partition coefficient (Wildman–Crippen LogP) is 0.969. The van der Waals surface area contributed by atoms with E-state index in [4.69, 9.17) is 5.73 Å². The largest absolute Gasteiger partial charge is 0.326 e. The fraction of sp³-hybridized carbons (Fsp3) is 1.00. The predicted molar refractivity (Wildman–Crippen MR) is 48.4 cm³/mol. The summed E-state index contributed by atoms with van der Waals surface area (Å²) in [5.41, 5.74) is 6.35. The van der Waals surface area contributed by atoms with Gasteiger partial charge in [0.05, 0.1) is 0 Å². The molecule has 1 saturated heterocycles. The summed E-state index contributed by atoms with van der Waals surface area (Å²) in [5.74, 6) is 0.690. The van der Waals surface area contributed by atoms with Crippen LogP contribution in [-0.4, -0.2) is 19.1 Å². The Morgan fingerprint density at radius 3 is 2.36 bits per heavy atom. The summed E-state index contributed by atoms with van der Waals surface area (Å²) in [7, 11) is 0. The van der Waals surface area contributed by atoms with Crippen LogP contribution in [0.3, 0.4) is 0 Å². The molecule has 0 amide bonds. The Hall–Kier alpha value is -0.0800. The van der Waals surface area contributed by atoms with E-state index in [1.807, 2.05) is 0 Å². The van der Waals surface area contributed by atoms with Crippen LogP contribution in [0.15, 0.2) is 0 Å². The molecule has 1 rings (SSSR count). The molecule has 1 fully saturated rings. The molecule has 0 radical (unpaired) electrons. The Morgan fingerprint density at radius 2 is 2.00 bits per heavy atom. The second-order valence-electron chi connectivity index (χ2n) is 4.85. The van der Waals surface area contributed by atoms with Gasteiger partial charge in [0.25, 0.3) is 0 Å². The van der Waals surface area contributed by atoms with Gasteiger partial charge in [-0.15, -0.1) is 0 Å². The minimum Gasteiger partial charge on any atom is -0.326 e. The van der Waals surface area contributed by atoms with Gasteiger partial charge < -0.3 is 11.1 Å². The highest BCUT2D eigenvalue weighted by Gasteiger charge is 2.27. The average molecular weight is 156 g/mol. The van der Waals surface area contributed by atoms with E-state index in [9.17, 15) is 0 Å². The minimum absolute atomic E-state index is 0.384. The molecule has 0 aromatic rings. The average Bonchev–Trinajstić information content (AvgIpc) is 2.12. The molecule has 11 heavy (non-hydrogen) atoms. The summed E-state index contributed by atoms with van der Waals surface area (Å²) in [6.45, 7) is 8.94. The Bertz CT molecular complexity index is 126. The second-order valence-corrected chi connectivity index (χ2v) is 4.85. The highest BCUT2D eigenvalue weighted by atomic mass is 15.0. The normalized spacial score (nSPS) is 32.7. The number of nitrogens with one attached hydrogen (secondary N) is 1. The zero-order chi connectivity index (χ0) is 8.48. The molecule has 66 valence electrons. The summed E-state index contributed by atoms with van der Waals surface area (Å²) >= 11 is 0. The monoisotopic (exact) mass is 156 g/mol. The van der Waals surface area contributed by atoms with Crippen molar-refractivity contribution >= 4 is 0 Å². The van der Waals surface area contributed by atoms with Gasteiger partial charge in [-0.3, -0.25) is 0 Å². The number of rotatable bonds is 1. The zero-order valence-electron chi connectivity index (χ0n) is 7.85. The molecule has 0 saturated carbocycles. The number of hydrogen-bond acceptors (Lipinski definition) is 2. The van der Waals surface area contributed by atoms with Gasteiger partial charge >= 0.3 is 0 Å². The van der Waals surface area contributed by atoms with E-state index >= 15 is 0 Å². The molecule has 1 aliphatic rings. The smallest absolute Gasteiger partial charge is 0.0206 e. The lowest BCUT2D eigenvalue weighted by Gasteiger charge is -2.24. The Labute approximate surface area is 69.5 Å². The summed E-state index contributed by atoms with van der Waals surface area (Å²) in [5, 5.41) is 3.32. The molecule has 0 aliphatic carbocycles. The molecule has 1 aliphatic heterocycles. The quantitative estimate of drug-likeness (QED) is 0.593. The van der Waals surface area contributed by atoms with Gasteiger partial charge in [0.15, 0.2) is 0 Å². The van der Waals surface area contributed by atoms with Crippen molar-refractivity contribution in [2.75, 3.05) is 13.1 Å². The topological polar surface area (TPSA) is 38.0 Å². The van der Waals surface area contributed by atoms with E-state index in [1.54, 1.807) is 0 Å². The van der Waals surface area contributed by atoms with Crippen molar-refractivity contribution < 1.29 is 0 Å². The Morgan fingerprint density at radius 1 is 1.36 bits per heavy atom. The van der Waals surface area contributed by atoms with Gasteiger partial charge in [0, 0.05) is 12.6 Å². The highest BCUT2D eigenvalue weighted by molar-refractivity contribution is 4.86. The van der Waals surface area contributed by atoms with Gasteiger partial charge in [-0.1, -0.05) is 20.8 Å². The van der Waals surface area contributed by atoms with Crippen molar-refractivity contribution in [3.05, 3.63) is 0 Å².